The van der Waals surface area contributed by atoms with E-state index in [1.165, 1.54) is 46.0 Å². The van der Waals surface area contributed by atoms with Gasteiger partial charge in [0.1, 0.15) is 0 Å². The maximum Gasteiger partial charge on any atom is 0.0976 e. The van der Waals surface area contributed by atoms with Crippen molar-refractivity contribution in [2.45, 2.75) is 25.7 Å². The fraction of sp³-hybridized carbons (Fsp3) is 0.579. The van der Waals surface area contributed by atoms with Crippen molar-refractivity contribution >= 4 is 27.3 Å². The first-order valence-electron chi connectivity index (χ1n) is 8.82. The van der Waals surface area contributed by atoms with Gasteiger partial charge >= 0.3 is 0 Å². The molecule has 1 unspecified atom stereocenters. The number of aliphatic imine (C=N–C) groups is 1. The van der Waals surface area contributed by atoms with Crippen LogP contribution in [0.3, 0.4) is 0 Å². The summed E-state index contributed by atoms with van der Waals surface area (Å²) in [7, 11) is 2.24. The van der Waals surface area contributed by atoms with Gasteiger partial charge in [0.15, 0.2) is 0 Å². The smallest absolute Gasteiger partial charge is 0.0976 e. The van der Waals surface area contributed by atoms with Gasteiger partial charge in [-0.15, -0.1) is 11.3 Å². The Morgan fingerprint density at radius 3 is 2.78 bits per heavy atom. The largest absolute Gasteiger partial charge is 0.306 e. The molecule has 2 aromatic rings. The highest BCUT2D eigenvalue weighted by Gasteiger charge is 2.56. The summed E-state index contributed by atoms with van der Waals surface area (Å²) in [6.45, 7) is 5.78. The molecule has 0 spiro atoms. The lowest BCUT2D eigenvalue weighted by Crippen LogP contribution is -2.18. The molecule has 1 aromatic carbocycles. The van der Waals surface area contributed by atoms with E-state index in [2.05, 4.69) is 37.1 Å². The third kappa shape index (κ3) is 2.34. The van der Waals surface area contributed by atoms with Gasteiger partial charge in [-0.2, -0.15) is 0 Å². The topological polar surface area (TPSA) is 28.5 Å². The average molecular weight is 325 g/mol. The second kappa shape index (κ2) is 5.12. The number of fused-ring (bicyclic) bond motifs is 2. The number of benzene rings is 1. The molecule has 1 aliphatic carbocycles. The van der Waals surface area contributed by atoms with Gasteiger partial charge in [-0.05, 0) is 55.3 Å². The predicted octanol–water partition coefficient (Wildman–Crippen LogP) is 3.79. The summed E-state index contributed by atoms with van der Waals surface area (Å²) in [4.78, 5) is 12.2. The normalized spacial score (nSPS) is 33.7. The summed E-state index contributed by atoms with van der Waals surface area (Å²) in [5, 5.41) is 1.37. The van der Waals surface area contributed by atoms with Crippen LogP contribution in [0.5, 0.6) is 0 Å². The van der Waals surface area contributed by atoms with Crippen LogP contribution in [0.25, 0.3) is 10.2 Å². The van der Waals surface area contributed by atoms with Gasteiger partial charge in [0.25, 0.3) is 0 Å². The zero-order valence-electron chi connectivity index (χ0n) is 13.8. The van der Waals surface area contributed by atoms with Crippen molar-refractivity contribution in [3.8, 4) is 0 Å². The quantitative estimate of drug-likeness (QED) is 0.840. The summed E-state index contributed by atoms with van der Waals surface area (Å²) >= 11 is 1.91. The zero-order valence-corrected chi connectivity index (χ0v) is 14.6. The molecule has 4 heteroatoms. The molecule has 1 saturated heterocycles. The Morgan fingerprint density at radius 2 is 2.04 bits per heavy atom. The molecule has 3 aliphatic rings. The van der Waals surface area contributed by atoms with Crippen LogP contribution in [0, 0.1) is 17.8 Å². The monoisotopic (exact) mass is 325 g/mol. The Bertz CT molecular complexity index is 781. The number of piperidine rings is 1. The maximum atomic E-state index is 5.00. The van der Waals surface area contributed by atoms with E-state index in [1.807, 2.05) is 11.3 Å². The molecule has 0 radical (unpaired) electrons. The number of hydrogen-bond donors (Lipinski definition) is 0. The molecule has 1 saturated carbocycles. The third-order valence-corrected chi connectivity index (χ3v) is 7.00. The summed E-state index contributed by atoms with van der Waals surface area (Å²) in [6.07, 6.45) is 2.38. The Hall–Kier alpha value is -1.26. The van der Waals surface area contributed by atoms with Crippen LogP contribution in [-0.2, 0) is 0 Å². The Labute approximate surface area is 141 Å². The van der Waals surface area contributed by atoms with Gasteiger partial charge in [0, 0.05) is 31.3 Å². The van der Waals surface area contributed by atoms with E-state index in [1.54, 1.807) is 0 Å². The molecule has 0 amide bonds. The van der Waals surface area contributed by atoms with Crippen LogP contribution >= 0.6 is 11.3 Å². The minimum atomic E-state index is 0.736. The van der Waals surface area contributed by atoms with Crippen molar-refractivity contribution in [1.82, 2.24) is 9.88 Å². The van der Waals surface area contributed by atoms with E-state index in [0.717, 1.165) is 36.6 Å². The van der Waals surface area contributed by atoms with Crippen LogP contribution < -0.4 is 0 Å². The van der Waals surface area contributed by atoms with Gasteiger partial charge in [-0.3, -0.25) is 4.99 Å². The van der Waals surface area contributed by atoms with E-state index in [-0.39, 0.29) is 0 Å². The molecule has 3 heterocycles. The molecule has 4 atom stereocenters. The first-order chi connectivity index (χ1) is 11.2. The van der Waals surface area contributed by atoms with E-state index < -0.39 is 0 Å². The van der Waals surface area contributed by atoms with Crippen molar-refractivity contribution in [1.29, 1.82) is 0 Å². The highest BCUT2D eigenvalue weighted by Crippen LogP contribution is 2.58. The molecule has 23 heavy (non-hydrogen) atoms. The number of aromatic nitrogens is 1. The first-order valence-corrected chi connectivity index (χ1v) is 9.63. The number of rotatable bonds is 2. The molecule has 2 aliphatic heterocycles. The van der Waals surface area contributed by atoms with Gasteiger partial charge in [0.2, 0.25) is 0 Å². The van der Waals surface area contributed by atoms with Crippen LogP contribution in [0.4, 0.5) is 0 Å². The lowest BCUT2D eigenvalue weighted by Gasteiger charge is -2.17. The van der Waals surface area contributed by atoms with E-state index in [0.29, 0.717) is 0 Å². The molecule has 120 valence electrons. The third-order valence-electron chi connectivity index (χ3n) is 5.87. The molecule has 0 bridgehead atoms. The SMILES string of the molecule is C[C@H]1CCC(c2ccc3sc(C4[C@H]5CN(C)C[C@@H]45)nc3c2)=NC1. The van der Waals surface area contributed by atoms with Crippen molar-refractivity contribution in [3.05, 3.63) is 28.8 Å². The molecule has 0 N–H and O–H groups in total. The van der Waals surface area contributed by atoms with E-state index >= 15 is 0 Å². The zero-order chi connectivity index (χ0) is 15.6. The molecular weight excluding hydrogens is 302 g/mol. The number of nitrogens with zero attached hydrogens (tertiary/aromatic N) is 3. The van der Waals surface area contributed by atoms with Crippen LogP contribution in [-0.4, -0.2) is 42.3 Å². The van der Waals surface area contributed by atoms with Crippen molar-refractivity contribution in [3.63, 3.8) is 0 Å². The Morgan fingerprint density at radius 1 is 1.22 bits per heavy atom. The van der Waals surface area contributed by atoms with Gasteiger partial charge in [-0.1, -0.05) is 13.0 Å². The van der Waals surface area contributed by atoms with Crippen molar-refractivity contribution in [2.24, 2.45) is 22.7 Å². The van der Waals surface area contributed by atoms with Gasteiger partial charge in [-0.25, -0.2) is 4.98 Å². The van der Waals surface area contributed by atoms with Crippen LogP contribution in [0.15, 0.2) is 23.2 Å². The standard InChI is InChI=1S/C19H23N3S/c1-11-3-5-15(20-8-11)12-4-6-17-16(7-12)21-19(23-17)18-13-9-22(2)10-14(13)18/h4,6-7,11,13-14,18H,3,5,8-10H2,1-2H3/t11-,13-,14+,18?/m0/s1. The summed E-state index contributed by atoms with van der Waals surface area (Å²) in [6, 6.07) is 6.78. The van der Waals surface area contributed by atoms with Gasteiger partial charge in [0.05, 0.1) is 15.2 Å². The molecule has 2 fully saturated rings. The van der Waals surface area contributed by atoms with Gasteiger partial charge < -0.3 is 4.90 Å². The summed E-state index contributed by atoms with van der Waals surface area (Å²) in [5.74, 6) is 3.20. The Kier molecular flexibility index (Phi) is 3.14. The number of hydrogen-bond acceptors (Lipinski definition) is 4. The van der Waals surface area contributed by atoms with Crippen LogP contribution in [0.1, 0.15) is 36.3 Å². The molecule has 5 rings (SSSR count). The maximum absolute atomic E-state index is 5.00. The highest BCUT2D eigenvalue weighted by atomic mass is 32.1. The van der Waals surface area contributed by atoms with Crippen molar-refractivity contribution < 1.29 is 0 Å². The first kappa shape index (κ1) is 14.1. The summed E-state index contributed by atoms with van der Waals surface area (Å²) < 4.78 is 1.34. The molecule has 1 aromatic heterocycles. The van der Waals surface area contributed by atoms with E-state index in [9.17, 15) is 0 Å². The molecule has 3 nitrogen and oxygen atoms in total. The number of thiazole rings is 1. The lowest BCUT2D eigenvalue weighted by atomic mass is 9.96. The van der Waals surface area contributed by atoms with Crippen molar-refractivity contribution in [2.75, 3.05) is 26.7 Å². The minimum Gasteiger partial charge on any atom is -0.306 e. The minimum absolute atomic E-state index is 0.736. The van der Waals surface area contributed by atoms with E-state index in [4.69, 9.17) is 9.98 Å². The van der Waals surface area contributed by atoms with Crippen LogP contribution in [0.2, 0.25) is 0 Å². The summed E-state index contributed by atoms with van der Waals surface area (Å²) in [5.41, 5.74) is 3.75. The fourth-order valence-electron chi connectivity index (χ4n) is 4.43. The Balaban J connectivity index is 1.43. The average Bonchev–Trinajstić information content (AvgIpc) is 2.90. The predicted molar refractivity (Wildman–Crippen MR) is 96.6 cm³/mol. The fourth-order valence-corrected chi connectivity index (χ4v) is 5.63. The second-order valence-corrected chi connectivity index (χ2v) is 8.80. The molecular formula is C19H23N3S. The number of likely N-dealkylation sites (tertiary alicyclic amines) is 1. The lowest BCUT2D eigenvalue weighted by molar-refractivity contribution is 0.362. The second-order valence-electron chi connectivity index (χ2n) is 7.74. The highest BCUT2D eigenvalue weighted by molar-refractivity contribution is 7.18.